The molecule has 1 heterocycles. The van der Waals surface area contributed by atoms with Gasteiger partial charge in [-0.2, -0.15) is 0 Å². The number of carbonyl (C=O) groups is 3. The molecule has 0 spiro atoms. The van der Waals surface area contributed by atoms with Crippen LogP contribution in [0.25, 0.3) is 0 Å². The Hall–Kier alpha value is -4.38. The average molecular weight is 524 g/mol. The van der Waals surface area contributed by atoms with Crippen LogP contribution in [0.3, 0.4) is 0 Å². The number of rotatable bonds is 8. The number of benzene rings is 2. The summed E-state index contributed by atoms with van der Waals surface area (Å²) in [5.41, 5.74) is 0.355. The molecule has 2 aromatic carbocycles. The third-order valence-electron chi connectivity index (χ3n) is 6.15. The van der Waals surface area contributed by atoms with Gasteiger partial charge in [-0.25, -0.2) is 18.6 Å². The van der Waals surface area contributed by atoms with Gasteiger partial charge in [0.05, 0.1) is 12.1 Å². The van der Waals surface area contributed by atoms with Crippen molar-refractivity contribution in [3.63, 3.8) is 0 Å². The van der Waals surface area contributed by atoms with Gasteiger partial charge < -0.3 is 20.3 Å². The van der Waals surface area contributed by atoms with E-state index in [0.717, 1.165) is 18.9 Å². The number of nitrogens with zero attached hydrogens (tertiary/aromatic N) is 2. The highest BCUT2D eigenvalue weighted by Crippen LogP contribution is 2.32. The van der Waals surface area contributed by atoms with E-state index in [-0.39, 0.29) is 29.7 Å². The van der Waals surface area contributed by atoms with Gasteiger partial charge in [0, 0.05) is 30.3 Å². The number of anilines is 2. The lowest BCUT2D eigenvalue weighted by Gasteiger charge is -2.38. The van der Waals surface area contributed by atoms with Crippen LogP contribution in [-0.4, -0.2) is 47.9 Å². The van der Waals surface area contributed by atoms with Crippen molar-refractivity contribution in [2.75, 3.05) is 24.7 Å². The van der Waals surface area contributed by atoms with Gasteiger partial charge in [-0.15, -0.1) is 0 Å². The molecule has 0 bridgehead atoms. The van der Waals surface area contributed by atoms with E-state index in [9.17, 15) is 23.2 Å². The van der Waals surface area contributed by atoms with E-state index in [1.165, 1.54) is 48.7 Å². The van der Waals surface area contributed by atoms with Crippen LogP contribution in [-0.2, 0) is 16.0 Å². The number of nitrogens with one attached hydrogen (secondary N) is 3. The molecule has 1 aromatic heterocycles. The van der Waals surface area contributed by atoms with Crippen LogP contribution >= 0.6 is 0 Å². The quantitative estimate of drug-likeness (QED) is 0.405. The molecule has 1 saturated carbocycles. The van der Waals surface area contributed by atoms with Gasteiger partial charge >= 0.3 is 6.03 Å². The zero-order chi connectivity index (χ0) is 27.2. The Bertz CT molecular complexity index is 1330. The number of aromatic nitrogens is 1. The molecule has 1 aliphatic rings. The number of pyridine rings is 1. The van der Waals surface area contributed by atoms with E-state index in [1.807, 2.05) is 14.1 Å². The minimum atomic E-state index is -0.914. The van der Waals surface area contributed by atoms with Crippen molar-refractivity contribution in [2.45, 2.75) is 25.3 Å². The molecule has 0 aliphatic heterocycles. The standard InChI is InChI=1S/C27H27F2N5O4/c1-34(2)19-12-17(13-19)26(36)32-24-15-21(9-10-30-24)38-20-7-8-23(22(29)14-20)31-27(37)33-25(35)11-16-3-5-18(28)6-4-16/h3-10,14-15,17,19H,11-13H2,1-2H3,(H,30,32,36)(H2,31,33,35,37). The minimum absolute atomic E-state index is 0.0710. The van der Waals surface area contributed by atoms with Crippen molar-refractivity contribution in [1.29, 1.82) is 0 Å². The summed E-state index contributed by atoms with van der Waals surface area (Å²) in [6.45, 7) is 0. The van der Waals surface area contributed by atoms with Gasteiger partial charge in [-0.05, 0) is 62.8 Å². The molecule has 0 unspecified atom stereocenters. The van der Waals surface area contributed by atoms with Crippen LogP contribution in [0.1, 0.15) is 18.4 Å². The number of imide groups is 1. The van der Waals surface area contributed by atoms with Gasteiger partial charge in [0.1, 0.15) is 29.0 Å². The van der Waals surface area contributed by atoms with Gasteiger partial charge in [0.25, 0.3) is 0 Å². The molecule has 0 saturated heterocycles. The number of carbonyl (C=O) groups excluding carboxylic acids is 3. The fourth-order valence-electron chi connectivity index (χ4n) is 3.90. The second-order valence-electron chi connectivity index (χ2n) is 9.20. The monoisotopic (exact) mass is 523 g/mol. The summed E-state index contributed by atoms with van der Waals surface area (Å²) in [5.74, 6) is -1.23. The lowest BCUT2D eigenvalue weighted by atomic mass is 9.79. The Morgan fingerprint density at radius 2 is 1.68 bits per heavy atom. The predicted molar refractivity (Wildman–Crippen MR) is 137 cm³/mol. The highest BCUT2D eigenvalue weighted by Gasteiger charge is 2.35. The number of hydrogen-bond donors (Lipinski definition) is 3. The number of amides is 4. The van der Waals surface area contributed by atoms with Gasteiger partial charge in [0.2, 0.25) is 11.8 Å². The Morgan fingerprint density at radius 3 is 2.37 bits per heavy atom. The van der Waals surface area contributed by atoms with Crippen LogP contribution in [0.4, 0.5) is 25.1 Å². The maximum absolute atomic E-state index is 14.6. The number of halogens is 2. The Balaban J connectivity index is 1.29. The topological polar surface area (TPSA) is 113 Å². The molecule has 9 nitrogen and oxygen atoms in total. The highest BCUT2D eigenvalue weighted by molar-refractivity contribution is 6.01. The molecular weight excluding hydrogens is 496 g/mol. The van der Waals surface area contributed by atoms with Crippen molar-refractivity contribution in [3.05, 3.63) is 78.0 Å². The van der Waals surface area contributed by atoms with E-state index in [4.69, 9.17) is 4.74 Å². The zero-order valence-corrected chi connectivity index (χ0v) is 20.8. The van der Waals surface area contributed by atoms with E-state index < -0.39 is 23.6 Å². The number of ether oxygens (including phenoxy) is 1. The fraction of sp³-hybridized carbons (Fsp3) is 0.259. The minimum Gasteiger partial charge on any atom is -0.457 e. The lowest BCUT2D eigenvalue weighted by molar-refractivity contribution is -0.124. The Morgan fingerprint density at radius 1 is 0.974 bits per heavy atom. The Kier molecular flexibility index (Phi) is 8.27. The van der Waals surface area contributed by atoms with Crippen molar-refractivity contribution in [1.82, 2.24) is 15.2 Å². The van der Waals surface area contributed by atoms with Crippen molar-refractivity contribution in [3.8, 4) is 11.5 Å². The SMILES string of the molecule is CN(C)C1CC(C(=O)Nc2cc(Oc3ccc(NC(=O)NC(=O)Cc4ccc(F)cc4)c(F)c3)ccn2)C1. The number of hydrogen-bond acceptors (Lipinski definition) is 6. The van der Waals surface area contributed by atoms with E-state index in [1.54, 1.807) is 6.07 Å². The molecular formula is C27H27F2N5O4. The number of urea groups is 1. The predicted octanol–water partition coefficient (Wildman–Crippen LogP) is 4.32. The second kappa shape index (κ2) is 11.8. The zero-order valence-electron chi connectivity index (χ0n) is 20.8. The summed E-state index contributed by atoms with van der Waals surface area (Å²) in [5, 5.41) is 7.15. The third kappa shape index (κ3) is 7.10. The van der Waals surface area contributed by atoms with Crippen LogP contribution in [0, 0.1) is 17.6 Å². The van der Waals surface area contributed by atoms with E-state index >= 15 is 0 Å². The second-order valence-corrected chi connectivity index (χ2v) is 9.20. The normalized spacial score (nSPS) is 16.3. The molecule has 1 aliphatic carbocycles. The highest BCUT2D eigenvalue weighted by atomic mass is 19.1. The summed E-state index contributed by atoms with van der Waals surface area (Å²) in [4.78, 5) is 42.8. The lowest BCUT2D eigenvalue weighted by Crippen LogP contribution is -2.45. The fourth-order valence-corrected chi connectivity index (χ4v) is 3.90. The summed E-state index contributed by atoms with van der Waals surface area (Å²) < 4.78 is 33.2. The van der Waals surface area contributed by atoms with Crippen LogP contribution in [0.5, 0.6) is 11.5 Å². The molecule has 0 radical (unpaired) electrons. The molecule has 11 heteroatoms. The molecule has 1 fully saturated rings. The van der Waals surface area contributed by atoms with Crippen molar-refractivity contribution >= 4 is 29.4 Å². The molecule has 3 N–H and O–H groups in total. The van der Waals surface area contributed by atoms with Gasteiger partial charge in [0.15, 0.2) is 0 Å². The first-order valence-corrected chi connectivity index (χ1v) is 11.9. The largest absolute Gasteiger partial charge is 0.457 e. The van der Waals surface area contributed by atoms with Crippen LogP contribution in [0.15, 0.2) is 60.8 Å². The maximum Gasteiger partial charge on any atom is 0.325 e. The van der Waals surface area contributed by atoms with Gasteiger partial charge in [-0.3, -0.25) is 14.9 Å². The van der Waals surface area contributed by atoms with Crippen molar-refractivity contribution in [2.24, 2.45) is 5.92 Å². The van der Waals surface area contributed by atoms with Crippen LogP contribution < -0.4 is 20.7 Å². The summed E-state index contributed by atoms with van der Waals surface area (Å²) in [6.07, 6.45) is 2.90. The third-order valence-corrected chi connectivity index (χ3v) is 6.15. The Labute approximate surface area is 218 Å². The summed E-state index contributed by atoms with van der Waals surface area (Å²) in [7, 11) is 3.97. The molecule has 4 amide bonds. The first-order chi connectivity index (χ1) is 18.2. The van der Waals surface area contributed by atoms with E-state index in [2.05, 4.69) is 25.8 Å². The first-order valence-electron chi connectivity index (χ1n) is 11.9. The maximum atomic E-state index is 14.6. The summed E-state index contributed by atoms with van der Waals surface area (Å²) in [6, 6.07) is 11.7. The summed E-state index contributed by atoms with van der Waals surface area (Å²) >= 11 is 0. The molecule has 3 aromatic rings. The first kappa shape index (κ1) is 26.7. The molecule has 4 rings (SSSR count). The van der Waals surface area contributed by atoms with Crippen molar-refractivity contribution < 1.29 is 27.9 Å². The van der Waals surface area contributed by atoms with Crippen LogP contribution in [0.2, 0.25) is 0 Å². The average Bonchev–Trinajstić information content (AvgIpc) is 2.81. The van der Waals surface area contributed by atoms with E-state index in [0.29, 0.717) is 23.2 Å². The van der Waals surface area contributed by atoms with Gasteiger partial charge in [-0.1, -0.05) is 12.1 Å². The molecule has 0 atom stereocenters. The smallest absolute Gasteiger partial charge is 0.325 e. The molecule has 38 heavy (non-hydrogen) atoms. The molecule has 198 valence electrons.